The van der Waals surface area contributed by atoms with Crippen molar-refractivity contribution in [1.29, 1.82) is 5.26 Å². The molecule has 2 unspecified atom stereocenters. The second-order valence-electron chi connectivity index (χ2n) is 5.27. The first-order chi connectivity index (χ1) is 9.38. The Morgan fingerprint density at radius 2 is 2.20 bits per heavy atom. The van der Waals surface area contributed by atoms with E-state index in [9.17, 15) is 4.21 Å². The minimum absolute atomic E-state index is 0.245. The zero-order valence-electron chi connectivity index (χ0n) is 12.3. The summed E-state index contributed by atoms with van der Waals surface area (Å²) in [6, 6.07) is 5.70. The zero-order valence-corrected chi connectivity index (χ0v) is 14.0. The van der Waals surface area contributed by atoms with Crippen LogP contribution in [0, 0.1) is 11.3 Å². The molecule has 2 atom stereocenters. The van der Waals surface area contributed by atoms with Gasteiger partial charge in [-0.1, -0.05) is 6.92 Å². The molecule has 0 aliphatic carbocycles. The maximum absolute atomic E-state index is 12.2. The summed E-state index contributed by atoms with van der Waals surface area (Å²) in [7, 11) is -1.22. The quantitative estimate of drug-likeness (QED) is 0.819. The van der Waals surface area contributed by atoms with Gasteiger partial charge in [-0.2, -0.15) is 5.26 Å². The van der Waals surface area contributed by atoms with E-state index >= 15 is 0 Å². The summed E-state index contributed by atoms with van der Waals surface area (Å²) in [4.78, 5) is 5.48. The van der Waals surface area contributed by atoms with Crippen LogP contribution in [0.15, 0.2) is 23.2 Å². The Kier molecular flexibility index (Phi) is 6.66. The molecule has 0 spiro atoms. The molecule has 0 amide bonds. The molecule has 1 aromatic heterocycles. The second kappa shape index (κ2) is 7.77. The van der Waals surface area contributed by atoms with E-state index in [0.717, 1.165) is 16.3 Å². The van der Waals surface area contributed by atoms with Crippen LogP contribution in [0.1, 0.15) is 45.9 Å². The molecule has 1 aromatic rings. The molecular formula is C14H21N3OS2. The highest BCUT2D eigenvalue weighted by Gasteiger charge is 2.24. The summed E-state index contributed by atoms with van der Waals surface area (Å²) in [6.45, 7) is 7.78. The first kappa shape index (κ1) is 17.2. The number of pyridine rings is 1. The fourth-order valence-electron chi connectivity index (χ4n) is 1.45. The van der Waals surface area contributed by atoms with Crippen LogP contribution in [-0.4, -0.2) is 19.7 Å². The van der Waals surface area contributed by atoms with E-state index in [1.54, 1.807) is 18.0 Å². The molecule has 1 rings (SSSR count). The Labute approximate surface area is 128 Å². The van der Waals surface area contributed by atoms with Gasteiger partial charge in [0.15, 0.2) is 0 Å². The van der Waals surface area contributed by atoms with E-state index in [2.05, 4.69) is 22.7 Å². The molecule has 110 valence electrons. The molecule has 20 heavy (non-hydrogen) atoms. The number of hydrogen-bond acceptors (Lipinski definition) is 4. The molecule has 0 aliphatic rings. The molecule has 0 bridgehead atoms. The van der Waals surface area contributed by atoms with Crippen LogP contribution in [0.2, 0.25) is 0 Å². The predicted molar refractivity (Wildman–Crippen MR) is 84.6 cm³/mol. The number of nitriles is 1. The molecule has 4 nitrogen and oxygen atoms in total. The number of rotatable bonds is 6. The van der Waals surface area contributed by atoms with Crippen molar-refractivity contribution >= 4 is 22.7 Å². The average molecular weight is 311 g/mol. The molecule has 0 radical (unpaired) electrons. The van der Waals surface area contributed by atoms with Gasteiger partial charge in [0.2, 0.25) is 0 Å². The first-order valence-electron chi connectivity index (χ1n) is 6.52. The number of nitrogens with zero attached hydrogens (tertiary/aromatic N) is 2. The van der Waals surface area contributed by atoms with E-state index in [4.69, 9.17) is 5.26 Å². The van der Waals surface area contributed by atoms with Gasteiger partial charge in [0.1, 0.15) is 0 Å². The molecule has 0 aromatic carbocycles. The Morgan fingerprint density at radius 1 is 1.50 bits per heavy atom. The van der Waals surface area contributed by atoms with Gasteiger partial charge in [-0.3, -0.25) is 4.98 Å². The zero-order chi connectivity index (χ0) is 15.2. The molecule has 1 N–H and O–H groups in total. The molecule has 0 aliphatic heterocycles. The van der Waals surface area contributed by atoms with Gasteiger partial charge >= 0.3 is 0 Å². The summed E-state index contributed by atoms with van der Waals surface area (Å²) in [5, 5.41) is 8.93. The smallest absolute Gasteiger partial charge is 0.0976 e. The van der Waals surface area contributed by atoms with Gasteiger partial charge in [-0.25, -0.2) is 8.93 Å². The van der Waals surface area contributed by atoms with Gasteiger partial charge in [0.05, 0.1) is 40.0 Å². The summed E-state index contributed by atoms with van der Waals surface area (Å²) < 4.78 is 14.8. The summed E-state index contributed by atoms with van der Waals surface area (Å²) >= 11 is 1.72. The van der Waals surface area contributed by atoms with Gasteiger partial charge < -0.3 is 0 Å². The number of nitrogens with one attached hydrogen (secondary N) is 1. The maximum atomic E-state index is 12.2. The van der Waals surface area contributed by atoms with Crippen molar-refractivity contribution in [2.45, 2.75) is 49.8 Å². The monoisotopic (exact) mass is 311 g/mol. The molecule has 0 saturated carbocycles. The molecule has 0 saturated heterocycles. The van der Waals surface area contributed by atoms with Crippen LogP contribution in [0.25, 0.3) is 0 Å². The summed E-state index contributed by atoms with van der Waals surface area (Å²) in [5.74, 6) is 0.995. The Hall–Kier alpha value is -0.900. The molecule has 1 heterocycles. The topological polar surface area (TPSA) is 65.8 Å². The van der Waals surface area contributed by atoms with Gasteiger partial charge in [0, 0.05) is 11.1 Å². The minimum Gasteiger partial charge on any atom is -0.258 e. The summed E-state index contributed by atoms with van der Waals surface area (Å²) in [5.41, 5.74) is 0.754. The van der Waals surface area contributed by atoms with Crippen LogP contribution in [0.4, 0.5) is 0 Å². The molecular weight excluding hydrogens is 290 g/mol. The lowest BCUT2D eigenvalue weighted by Crippen LogP contribution is -2.36. The van der Waals surface area contributed by atoms with Crippen molar-refractivity contribution < 1.29 is 4.21 Å². The van der Waals surface area contributed by atoms with Crippen LogP contribution in [0.5, 0.6) is 0 Å². The van der Waals surface area contributed by atoms with E-state index in [0.29, 0.717) is 0 Å². The van der Waals surface area contributed by atoms with E-state index in [1.165, 1.54) is 0 Å². The largest absolute Gasteiger partial charge is 0.258 e. The van der Waals surface area contributed by atoms with Crippen molar-refractivity contribution in [3.8, 4) is 6.07 Å². The van der Waals surface area contributed by atoms with Crippen molar-refractivity contribution in [2.24, 2.45) is 0 Å². The number of hydrogen-bond donors (Lipinski definition) is 1. The van der Waals surface area contributed by atoms with Crippen molar-refractivity contribution in [1.82, 2.24) is 9.71 Å². The lowest BCUT2D eigenvalue weighted by atomic mass is 10.1. The third kappa shape index (κ3) is 5.23. The lowest BCUT2D eigenvalue weighted by Gasteiger charge is -2.22. The maximum Gasteiger partial charge on any atom is 0.0976 e. The fourth-order valence-corrected chi connectivity index (χ4v) is 2.89. The standard InChI is InChI=1S/C14H21N3OS2/c1-5-19-11-6-7-12(16-10-11)13(8-9-15)17-20(18)14(2,3)4/h6-7,10,13,17H,5,8H2,1-4H3. The highest BCUT2D eigenvalue weighted by Crippen LogP contribution is 2.21. The Balaban J connectivity index is 2.85. The molecule has 6 heteroatoms. The first-order valence-corrected chi connectivity index (χ1v) is 8.65. The van der Waals surface area contributed by atoms with Crippen LogP contribution < -0.4 is 4.72 Å². The Bertz CT molecular complexity index is 489. The van der Waals surface area contributed by atoms with Gasteiger partial charge in [-0.15, -0.1) is 11.8 Å². The minimum atomic E-state index is -1.22. The highest BCUT2D eigenvalue weighted by molar-refractivity contribution is 7.99. The normalized spacial score (nSPS) is 14.6. The lowest BCUT2D eigenvalue weighted by molar-refractivity contribution is 0.596. The van der Waals surface area contributed by atoms with E-state index in [-0.39, 0.29) is 17.2 Å². The Morgan fingerprint density at radius 3 is 2.65 bits per heavy atom. The van der Waals surface area contributed by atoms with Crippen molar-refractivity contribution in [2.75, 3.05) is 5.75 Å². The van der Waals surface area contributed by atoms with Gasteiger partial charge in [-0.05, 0) is 38.7 Å². The number of aromatic nitrogens is 1. The highest BCUT2D eigenvalue weighted by atomic mass is 32.2. The van der Waals surface area contributed by atoms with Crippen LogP contribution in [-0.2, 0) is 11.0 Å². The number of thioether (sulfide) groups is 1. The van der Waals surface area contributed by atoms with E-state index < -0.39 is 11.0 Å². The van der Waals surface area contributed by atoms with Crippen molar-refractivity contribution in [3.63, 3.8) is 0 Å². The molecule has 0 fully saturated rings. The van der Waals surface area contributed by atoms with Gasteiger partial charge in [0.25, 0.3) is 0 Å². The second-order valence-corrected chi connectivity index (χ2v) is 8.60. The average Bonchev–Trinajstić information content (AvgIpc) is 2.38. The van der Waals surface area contributed by atoms with Crippen LogP contribution >= 0.6 is 11.8 Å². The predicted octanol–water partition coefficient (Wildman–Crippen LogP) is 3.20. The third-order valence-electron chi connectivity index (χ3n) is 2.53. The summed E-state index contributed by atoms with van der Waals surface area (Å²) in [6.07, 6.45) is 2.05. The van der Waals surface area contributed by atoms with Crippen LogP contribution in [0.3, 0.4) is 0 Å². The van der Waals surface area contributed by atoms with E-state index in [1.807, 2.05) is 32.9 Å². The fraction of sp³-hybridized carbons (Fsp3) is 0.571. The van der Waals surface area contributed by atoms with Crippen molar-refractivity contribution in [3.05, 3.63) is 24.0 Å². The SMILES string of the molecule is CCSc1ccc(C(CC#N)NS(=O)C(C)(C)C)nc1. The third-order valence-corrected chi connectivity index (χ3v) is 5.00.